The van der Waals surface area contributed by atoms with Gasteiger partial charge in [0.1, 0.15) is 0 Å². The maximum Gasteiger partial charge on any atom is 0.0919 e. The zero-order chi connectivity index (χ0) is 35.3. The molecule has 10 rings (SSSR count). The Labute approximate surface area is 315 Å². The van der Waals surface area contributed by atoms with Crippen LogP contribution in [0.3, 0.4) is 0 Å². The molecular formula is C40H24Cl4N8. The van der Waals surface area contributed by atoms with Crippen molar-refractivity contribution in [1.29, 1.82) is 0 Å². The van der Waals surface area contributed by atoms with E-state index >= 15 is 0 Å². The van der Waals surface area contributed by atoms with Gasteiger partial charge in [-0.15, -0.1) is 0 Å². The predicted octanol–water partition coefficient (Wildman–Crippen LogP) is 11.9. The van der Waals surface area contributed by atoms with Gasteiger partial charge in [0.15, 0.2) is 0 Å². The predicted molar refractivity (Wildman–Crippen MR) is 218 cm³/mol. The van der Waals surface area contributed by atoms with Gasteiger partial charge >= 0.3 is 0 Å². The molecule has 6 aromatic rings. The molecule has 0 amide bonds. The van der Waals surface area contributed by atoms with Gasteiger partial charge in [-0.25, -0.2) is 19.9 Å². The molecule has 0 atom stereocenters. The largest absolute Gasteiger partial charge is 0.355 e. The second kappa shape index (κ2) is 13.2. The summed E-state index contributed by atoms with van der Waals surface area (Å²) in [5, 5.41) is 1.88. The quantitative estimate of drug-likeness (QED) is 0.123. The molecule has 0 saturated carbocycles. The topological polar surface area (TPSA) is 115 Å². The van der Waals surface area contributed by atoms with E-state index in [1.54, 1.807) is 12.2 Å². The number of nitrogens with zero attached hydrogens (tertiary/aromatic N) is 4. The highest BCUT2D eigenvalue weighted by Gasteiger charge is 2.14. The van der Waals surface area contributed by atoms with Crippen molar-refractivity contribution in [2.75, 3.05) is 0 Å². The van der Waals surface area contributed by atoms with Gasteiger partial charge in [0.2, 0.25) is 0 Å². The maximum absolute atomic E-state index is 6.57. The standard InChI is InChI=1S/C20H10Cl4N4.C20H14N4/c21-17-9-1-2-10(25-9)18(22)12-5-6-14(27-12)20(24)16-8-7-15(28-16)19(23)13-4-3-11(17)26-13;1-2-14-10-16-5-6-18(23-16)12-20-8-7-19(24-20)11-17-4-3-15(22-17)9-13(1)21-14/h1-8,25-26H;1-12,21-22H. The molecule has 0 fully saturated rings. The van der Waals surface area contributed by atoms with Crippen molar-refractivity contribution in [1.82, 2.24) is 39.9 Å². The maximum atomic E-state index is 6.57. The highest BCUT2D eigenvalue weighted by atomic mass is 35.5. The number of fused-ring (bicyclic) bond motifs is 16. The van der Waals surface area contributed by atoms with Crippen molar-refractivity contribution in [3.05, 3.63) is 138 Å². The third kappa shape index (κ3) is 6.38. The second-order valence-corrected chi connectivity index (χ2v) is 13.7. The summed E-state index contributed by atoms with van der Waals surface area (Å²) in [5.74, 6) is 0. The third-order valence-electron chi connectivity index (χ3n) is 8.54. The molecule has 8 nitrogen and oxygen atoms in total. The summed E-state index contributed by atoms with van der Waals surface area (Å²) >= 11 is 26.2. The van der Waals surface area contributed by atoms with Gasteiger partial charge in [-0.3, -0.25) is 0 Å². The summed E-state index contributed by atoms with van der Waals surface area (Å²) in [4.78, 5) is 31.5. The lowest BCUT2D eigenvalue weighted by Gasteiger charge is -1.94. The molecule has 252 valence electrons. The second-order valence-electron chi connectivity index (χ2n) is 12.2. The Morgan fingerprint density at radius 2 is 0.654 bits per heavy atom. The average Bonchev–Trinajstić information content (AvgIpc) is 3.99. The summed E-state index contributed by atoms with van der Waals surface area (Å²) < 4.78 is 0. The minimum Gasteiger partial charge on any atom is -0.355 e. The van der Waals surface area contributed by atoms with Crippen molar-refractivity contribution in [2.45, 2.75) is 0 Å². The Hall–Kier alpha value is -5.64. The number of hydrogen-bond donors (Lipinski definition) is 4. The van der Waals surface area contributed by atoms with Gasteiger partial charge in [-0.2, -0.15) is 0 Å². The van der Waals surface area contributed by atoms with Crippen LogP contribution in [0.25, 0.3) is 92.7 Å². The molecule has 4 aliphatic heterocycles. The van der Waals surface area contributed by atoms with E-state index < -0.39 is 0 Å². The van der Waals surface area contributed by atoms with Gasteiger partial charge < -0.3 is 19.9 Å². The van der Waals surface area contributed by atoms with Crippen LogP contribution in [0, 0.1) is 0 Å². The molecule has 16 bridgehead atoms. The van der Waals surface area contributed by atoms with Crippen LogP contribution in [0.1, 0.15) is 45.6 Å². The minimum atomic E-state index is 0.425. The molecule has 4 aliphatic rings. The van der Waals surface area contributed by atoms with E-state index in [2.05, 4.69) is 70.2 Å². The van der Waals surface area contributed by atoms with E-state index in [9.17, 15) is 0 Å². The SMILES string of the molecule is C1=Cc2cc3ccc(cc4ccc(cc5nc(cc1n2)C=C5)[nH]4)[nH]3.Clc1c2nc(c(Cl)c3ccc([nH]3)c(Cl)c3ccc([nH]3)c(Cl)c3nc1C=C3)C=C2. The molecular weight excluding hydrogens is 734 g/mol. The van der Waals surface area contributed by atoms with Crippen molar-refractivity contribution in [2.24, 2.45) is 0 Å². The van der Waals surface area contributed by atoms with Crippen LogP contribution >= 0.6 is 46.4 Å². The van der Waals surface area contributed by atoms with Gasteiger partial charge in [-0.05, 0) is 121 Å². The van der Waals surface area contributed by atoms with Crippen molar-refractivity contribution in [3.8, 4) is 0 Å². The van der Waals surface area contributed by atoms with Gasteiger partial charge in [-0.1, -0.05) is 46.4 Å². The molecule has 4 N–H and O–H groups in total. The number of hydrogen-bond acceptors (Lipinski definition) is 4. The molecule has 0 aromatic carbocycles. The summed E-state index contributed by atoms with van der Waals surface area (Å²) in [7, 11) is 0. The van der Waals surface area contributed by atoms with Crippen molar-refractivity contribution in [3.63, 3.8) is 0 Å². The molecule has 0 aliphatic carbocycles. The first kappa shape index (κ1) is 32.3. The molecule has 6 aromatic heterocycles. The first-order valence-corrected chi connectivity index (χ1v) is 17.7. The fourth-order valence-electron chi connectivity index (χ4n) is 6.01. The number of aromatic nitrogens is 8. The molecule has 52 heavy (non-hydrogen) atoms. The summed E-state index contributed by atoms with van der Waals surface area (Å²) in [5.41, 5.74) is 13.1. The van der Waals surface area contributed by atoms with E-state index in [0.717, 1.165) is 55.9 Å². The number of nitrogens with one attached hydrogen (secondary N) is 4. The third-order valence-corrected chi connectivity index (χ3v) is 10.1. The fourth-order valence-corrected chi connectivity index (χ4v) is 6.87. The smallest absolute Gasteiger partial charge is 0.0919 e. The molecule has 12 heteroatoms. The zero-order valence-corrected chi connectivity index (χ0v) is 29.9. The number of halogens is 4. The van der Waals surface area contributed by atoms with Crippen molar-refractivity contribution >= 4 is 139 Å². The highest BCUT2D eigenvalue weighted by molar-refractivity contribution is 6.38. The van der Waals surface area contributed by atoms with E-state index in [4.69, 9.17) is 46.4 Å². The van der Waals surface area contributed by atoms with Crippen LogP contribution < -0.4 is 0 Å². The van der Waals surface area contributed by atoms with E-state index in [1.807, 2.05) is 78.9 Å². The normalized spacial score (nSPS) is 12.7. The van der Waals surface area contributed by atoms with Crippen LogP contribution in [0.4, 0.5) is 0 Å². The van der Waals surface area contributed by atoms with Crippen LogP contribution in [-0.2, 0) is 0 Å². The highest BCUT2D eigenvalue weighted by Crippen LogP contribution is 2.32. The number of H-pyrrole nitrogens is 4. The van der Waals surface area contributed by atoms with E-state index in [-0.39, 0.29) is 0 Å². The summed E-state index contributed by atoms with van der Waals surface area (Å²) in [6.45, 7) is 0. The molecule has 0 spiro atoms. The first-order valence-electron chi connectivity index (χ1n) is 16.1. The van der Waals surface area contributed by atoms with Crippen LogP contribution in [-0.4, -0.2) is 39.9 Å². The first-order chi connectivity index (χ1) is 25.3. The summed E-state index contributed by atoms with van der Waals surface area (Å²) in [6, 6.07) is 23.8. The van der Waals surface area contributed by atoms with E-state index in [1.165, 1.54) is 0 Å². The lowest BCUT2D eigenvalue weighted by atomic mass is 10.3. The van der Waals surface area contributed by atoms with Crippen LogP contribution in [0.15, 0.2) is 72.8 Å². The Kier molecular flexibility index (Phi) is 8.17. The van der Waals surface area contributed by atoms with Crippen molar-refractivity contribution < 1.29 is 0 Å². The van der Waals surface area contributed by atoms with Gasteiger partial charge in [0.25, 0.3) is 0 Å². The van der Waals surface area contributed by atoms with Crippen LogP contribution in [0.5, 0.6) is 0 Å². The minimum absolute atomic E-state index is 0.425. The number of aromatic amines is 4. The Bertz CT molecular complexity index is 2730. The monoisotopic (exact) mass is 756 g/mol. The average molecular weight is 758 g/mol. The van der Waals surface area contributed by atoms with Crippen LogP contribution in [0.2, 0.25) is 20.1 Å². The lowest BCUT2D eigenvalue weighted by molar-refractivity contribution is 1.27. The zero-order valence-electron chi connectivity index (χ0n) is 26.8. The van der Waals surface area contributed by atoms with E-state index in [0.29, 0.717) is 53.9 Å². The summed E-state index contributed by atoms with van der Waals surface area (Å²) in [6.07, 6.45) is 15.3. The molecule has 0 saturated heterocycles. The Balaban J connectivity index is 0.000000140. The Morgan fingerprint density at radius 3 is 1.08 bits per heavy atom. The number of rotatable bonds is 0. The lowest BCUT2D eigenvalue weighted by Crippen LogP contribution is -1.83. The Morgan fingerprint density at radius 1 is 0.308 bits per heavy atom. The van der Waals surface area contributed by atoms with Gasteiger partial charge in [0, 0.05) is 22.1 Å². The van der Waals surface area contributed by atoms with Gasteiger partial charge in [0.05, 0.1) is 87.7 Å². The molecule has 0 unspecified atom stereocenters. The fraction of sp³-hybridized carbons (Fsp3) is 0. The molecule has 0 radical (unpaired) electrons. The molecule has 10 heterocycles.